The van der Waals surface area contributed by atoms with Gasteiger partial charge in [-0.15, -0.1) is 0 Å². The van der Waals surface area contributed by atoms with Crippen molar-refractivity contribution in [1.29, 1.82) is 0 Å². The summed E-state index contributed by atoms with van der Waals surface area (Å²) in [6.07, 6.45) is 0. The molecule has 0 aliphatic carbocycles. The van der Waals surface area contributed by atoms with E-state index in [1.54, 1.807) is 18.2 Å². The van der Waals surface area contributed by atoms with Crippen LogP contribution in [0.25, 0.3) is 0 Å². The Morgan fingerprint density at radius 3 is 2.55 bits per heavy atom. The highest BCUT2D eigenvalue weighted by Gasteiger charge is 2.08. The second-order valence-corrected chi connectivity index (χ2v) is 5.33. The van der Waals surface area contributed by atoms with E-state index in [1.807, 2.05) is 24.3 Å². The Morgan fingerprint density at radius 2 is 1.85 bits per heavy atom. The predicted molar refractivity (Wildman–Crippen MR) is 84.9 cm³/mol. The molecule has 0 heterocycles. The third-order valence-corrected chi connectivity index (χ3v) is 3.11. The standard InChI is InChI=1S/C15H12INO3/c1-10(18)20-14-7-2-4-11(8-14)15(19)17-13-6-3-5-12(16)9-13/h2-9H,1H3,(H,17,19). The van der Waals surface area contributed by atoms with Gasteiger partial charge in [0, 0.05) is 21.7 Å². The molecule has 0 unspecified atom stereocenters. The Hall–Kier alpha value is -1.89. The van der Waals surface area contributed by atoms with E-state index in [1.165, 1.54) is 13.0 Å². The summed E-state index contributed by atoms with van der Waals surface area (Å²) >= 11 is 2.18. The summed E-state index contributed by atoms with van der Waals surface area (Å²) in [6.45, 7) is 1.32. The van der Waals surface area contributed by atoms with E-state index in [-0.39, 0.29) is 5.91 Å². The monoisotopic (exact) mass is 381 g/mol. The molecular weight excluding hydrogens is 369 g/mol. The highest BCUT2D eigenvalue weighted by Crippen LogP contribution is 2.17. The van der Waals surface area contributed by atoms with Crippen LogP contribution < -0.4 is 10.1 Å². The number of carbonyl (C=O) groups is 2. The van der Waals surface area contributed by atoms with Gasteiger partial charge in [0.25, 0.3) is 5.91 Å². The summed E-state index contributed by atoms with van der Waals surface area (Å²) in [7, 11) is 0. The van der Waals surface area contributed by atoms with Crippen LogP contribution in [0.15, 0.2) is 48.5 Å². The van der Waals surface area contributed by atoms with Crippen molar-refractivity contribution in [2.75, 3.05) is 5.32 Å². The first kappa shape index (κ1) is 14.5. The lowest BCUT2D eigenvalue weighted by Gasteiger charge is -2.07. The molecule has 1 N–H and O–H groups in total. The summed E-state index contributed by atoms with van der Waals surface area (Å²) < 4.78 is 5.99. The molecule has 0 bridgehead atoms. The molecular formula is C15H12INO3. The highest BCUT2D eigenvalue weighted by atomic mass is 127. The minimum absolute atomic E-state index is 0.249. The van der Waals surface area contributed by atoms with Crippen LogP contribution in [-0.4, -0.2) is 11.9 Å². The van der Waals surface area contributed by atoms with Gasteiger partial charge in [-0.25, -0.2) is 0 Å². The molecule has 20 heavy (non-hydrogen) atoms. The van der Waals surface area contributed by atoms with Gasteiger partial charge in [-0.1, -0.05) is 12.1 Å². The van der Waals surface area contributed by atoms with E-state index in [0.29, 0.717) is 11.3 Å². The van der Waals surface area contributed by atoms with Crippen molar-refractivity contribution < 1.29 is 14.3 Å². The third kappa shape index (κ3) is 4.06. The summed E-state index contributed by atoms with van der Waals surface area (Å²) in [6, 6.07) is 14.0. The number of halogens is 1. The maximum atomic E-state index is 12.1. The van der Waals surface area contributed by atoms with Crippen LogP contribution in [0, 0.1) is 3.57 Å². The van der Waals surface area contributed by atoms with Gasteiger partial charge in [0.2, 0.25) is 0 Å². The zero-order chi connectivity index (χ0) is 14.5. The fraction of sp³-hybridized carbons (Fsp3) is 0.0667. The smallest absolute Gasteiger partial charge is 0.308 e. The van der Waals surface area contributed by atoms with Crippen LogP contribution in [0.2, 0.25) is 0 Å². The minimum atomic E-state index is -0.417. The van der Waals surface area contributed by atoms with Crippen LogP contribution in [0.5, 0.6) is 5.75 Å². The summed E-state index contributed by atoms with van der Waals surface area (Å²) in [5.74, 6) is -0.311. The number of amides is 1. The molecule has 0 fully saturated rings. The first-order valence-electron chi connectivity index (χ1n) is 5.90. The number of esters is 1. The summed E-state index contributed by atoms with van der Waals surface area (Å²) in [5.41, 5.74) is 1.16. The average Bonchev–Trinajstić information content (AvgIpc) is 2.38. The molecule has 5 heteroatoms. The quantitative estimate of drug-likeness (QED) is 0.503. The lowest BCUT2D eigenvalue weighted by Crippen LogP contribution is -2.12. The number of carbonyl (C=O) groups excluding carboxylic acids is 2. The number of rotatable bonds is 3. The van der Waals surface area contributed by atoms with Gasteiger partial charge in [0.05, 0.1) is 0 Å². The van der Waals surface area contributed by atoms with E-state index in [9.17, 15) is 9.59 Å². The molecule has 0 aliphatic heterocycles. The van der Waals surface area contributed by atoms with Crippen LogP contribution in [0.4, 0.5) is 5.69 Å². The molecule has 2 aromatic carbocycles. The molecule has 0 saturated carbocycles. The lowest BCUT2D eigenvalue weighted by molar-refractivity contribution is -0.131. The topological polar surface area (TPSA) is 55.4 Å². The van der Waals surface area contributed by atoms with Gasteiger partial charge < -0.3 is 10.1 Å². The minimum Gasteiger partial charge on any atom is -0.427 e. The van der Waals surface area contributed by atoms with Crippen molar-refractivity contribution in [3.8, 4) is 5.75 Å². The van der Waals surface area contributed by atoms with E-state index >= 15 is 0 Å². The van der Waals surface area contributed by atoms with Crippen LogP contribution in [0.3, 0.4) is 0 Å². The Balaban J connectivity index is 2.15. The fourth-order valence-electron chi connectivity index (χ4n) is 1.64. The van der Waals surface area contributed by atoms with Gasteiger partial charge in [-0.05, 0) is 59.0 Å². The van der Waals surface area contributed by atoms with Crippen molar-refractivity contribution in [1.82, 2.24) is 0 Å². The molecule has 2 rings (SSSR count). The van der Waals surface area contributed by atoms with Crippen molar-refractivity contribution in [2.45, 2.75) is 6.92 Å². The van der Waals surface area contributed by atoms with Gasteiger partial charge in [-0.3, -0.25) is 9.59 Å². The van der Waals surface area contributed by atoms with Crippen LogP contribution in [-0.2, 0) is 4.79 Å². The molecule has 0 atom stereocenters. The normalized spacial score (nSPS) is 9.90. The Kier molecular flexibility index (Phi) is 4.73. The van der Waals surface area contributed by atoms with Crippen molar-refractivity contribution in [3.63, 3.8) is 0 Å². The fourth-order valence-corrected chi connectivity index (χ4v) is 2.18. The Bertz CT molecular complexity index is 655. The third-order valence-electron chi connectivity index (χ3n) is 2.44. The molecule has 2 aromatic rings. The van der Waals surface area contributed by atoms with Crippen molar-refractivity contribution in [2.24, 2.45) is 0 Å². The lowest BCUT2D eigenvalue weighted by atomic mass is 10.2. The number of hydrogen-bond donors (Lipinski definition) is 1. The molecule has 0 saturated heterocycles. The van der Waals surface area contributed by atoms with Crippen LogP contribution >= 0.6 is 22.6 Å². The maximum Gasteiger partial charge on any atom is 0.308 e. The second-order valence-electron chi connectivity index (χ2n) is 4.09. The summed E-state index contributed by atoms with van der Waals surface area (Å²) in [4.78, 5) is 23.0. The van der Waals surface area contributed by atoms with Crippen molar-refractivity contribution >= 4 is 40.2 Å². The van der Waals surface area contributed by atoms with Gasteiger partial charge in [-0.2, -0.15) is 0 Å². The van der Waals surface area contributed by atoms with Gasteiger partial charge in [0.1, 0.15) is 5.75 Å². The molecule has 102 valence electrons. The Labute approximate surface area is 130 Å². The Morgan fingerprint density at radius 1 is 1.10 bits per heavy atom. The van der Waals surface area contributed by atoms with Gasteiger partial charge >= 0.3 is 5.97 Å². The average molecular weight is 381 g/mol. The maximum absolute atomic E-state index is 12.1. The first-order chi connectivity index (χ1) is 9.54. The largest absolute Gasteiger partial charge is 0.427 e. The molecule has 0 radical (unpaired) electrons. The number of benzene rings is 2. The molecule has 1 amide bonds. The van der Waals surface area contributed by atoms with E-state index in [0.717, 1.165) is 9.26 Å². The zero-order valence-electron chi connectivity index (χ0n) is 10.7. The van der Waals surface area contributed by atoms with E-state index in [4.69, 9.17) is 4.74 Å². The number of ether oxygens (including phenoxy) is 1. The molecule has 0 aromatic heterocycles. The first-order valence-corrected chi connectivity index (χ1v) is 6.98. The van der Waals surface area contributed by atoms with E-state index in [2.05, 4.69) is 27.9 Å². The number of anilines is 1. The van der Waals surface area contributed by atoms with Crippen LogP contribution in [0.1, 0.15) is 17.3 Å². The molecule has 0 aliphatic rings. The number of hydrogen-bond acceptors (Lipinski definition) is 3. The SMILES string of the molecule is CC(=O)Oc1cccc(C(=O)Nc2cccc(I)c2)c1. The van der Waals surface area contributed by atoms with Crippen molar-refractivity contribution in [3.05, 3.63) is 57.7 Å². The second kappa shape index (κ2) is 6.51. The predicted octanol–water partition coefficient (Wildman–Crippen LogP) is 3.47. The molecule has 0 spiro atoms. The van der Waals surface area contributed by atoms with E-state index < -0.39 is 5.97 Å². The molecule has 4 nitrogen and oxygen atoms in total. The highest BCUT2D eigenvalue weighted by molar-refractivity contribution is 14.1. The van der Waals surface area contributed by atoms with Gasteiger partial charge in [0.15, 0.2) is 0 Å². The number of nitrogens with one attached hydrogen (secondary N) is 1. The summed E-state index contributed by atoms with van der Waals surface area (Å²) in [5, 5.41) is 2.80. The zero-order valence-corrected chi connectivity index (χ0v) is 12.9.